The molecule has 29 heavy (non-hydrogen) atoms. The second-order valence-electron chi connectivity index (χ2n) is 6.27. The van der Waals surface area contributed by atoms with Gasteiger partial charge in [0.05, 0.1) is 10.7 Å². The molecule has 10 heteroatoms. The van der Waals surface area contributed by atoms with Gasteiger partial charge in [-0.05, 0) is 37.2 Å². The number of carbonyl (C=O) groups is 1. The first-order chi connectivity index (χ1) is 13.8. The highest BCUT2D eigenvalue weighted by Crippen LogP contribution is 2.26. The molecule has 0 saturated carbocycles. The number of thioether (sulfide) groups is 1. The number of nitro benzene ring substituents is 1. The van der Waals surface area contributed by atoms with Gasteiger partial charge in [0.2, 0.25) is 5.91 Å². The first kappa shape index (κ1) is 20.7. The Balaban J connectivity index is 1.82. The number of aromatic nitrogens is 2. The number of fused-ring (bicyclic) bond motifs is 1. The van der Waals surface area contributed by atoms with Crippen LogP contribution in [-0.2, 0) is 11.3 Å². The number of nitrogens with one attached hydrogen (secondary N) is 2. The van der Waals surface area contributed by atoms with Gasteiger partial charge in [-0.3, -0.25) is 14.9 Å². The Bertz CT molecular complexity index is 1180. The minimum absolute atomic E-state index is 0.0324. The topological polar surface area (TPSA) is 108 Å². The van der Waals surface area contributed by atoms with Crippen LogP contribution in [0.4, 0.5) is 11.4 Å². The molecule has 0 bridgehead atoms. The van der Waals surface area contributed by atoms with Crippen molar-refractivity contribution in [3.63, 3.8) is 0 Å². The van der Waals surface area contributed by atoms with Crippen LogP contribution in [0, 0.1) is 24.0 Å². The Morgan fingerprint density at radius 2 is 2.21 bits per heavy atom. The van der Waals surface area contributed by atoms with E-state index in [0.717, 1.165) is 15.3 Å². The summed E-state index contributed by atoms with van der Waals surface area (Å²) in [5, 5.41) is 14.7. The predicted molar refractivity (Wildman–Crippen MR) is 115 cm³/mol. The van der Waals surface area contributed by atoms with Gasteiger partial charge < -0.3 is 5.32 Å². The number of thiophene rings is 1. The molecule has 3 rings (SSSR count). The standard InChI is InChI=1S/C19H18N4O4S2/c1-4-8-22-18(25)16-11(2)12(3)29-17(16)21-19(22)28-10-15(24)20-13-6-5-7-14(9-13)23(26)27/h4-7,9H,1,8,10H2,2-3H3,(H,20,24)/p+1. The summed E-state index contributed by atoms with van der Waals surface area (Å²) in [6.07, 6.45) is 1.63. The van der Waals surface area contributed by atoms with Crippen molar-refractivity contribution in [3.8, 4) is 0 Å². The van der Waals surface area contributed by atoms with Crippen LogP contribution < -0.4 is 15.9 Å². The van der Waals surface area contributed by atoms with Gasteiger partial charge in [0, 0.05) is 22.7 Å². The van der Waals surface area contributed by atoms with Crippen LogP contribution in [-0.4, -0.2) is 21.2 Å². The molecule has 0 unspecified atom stereocenters. The molecule has 0 aliphatic rings. The lowest BCUT2D eigenvalue weighted by molar-refractivity contribution is -0.404. The molecule has 0 radical (unpaired) electrons. The van der Waals surface area contributed by atoms with Crippen LogP contribution in [0.25, 0.3) is 10.2 Å². The number of anilines is 1. The molecule has 2 N–H and O–H groups in total. The van der Waals surface area contributed by atoms with Gasteiger partial charge in [0.25, 0.3) is 5.69 Å². The van der Waals surface area contributed by atoms with Crippen molar-refractivity contribution in [2.45, 2.75) is 25.5 Å². The molecule has 150 valence electrons. The fourth-order valence-electron chi connectivity index (χ4n) is 2.80. The molecule has 0 spiro atoms. The summed E-state index contributed by atoms with van der Waals surface area (Å²) >= 11 is 2.69. The van der Waals surface area contributed by atoms with E-state index in [1.807, 2.05) is 13.8 Å². The zero-order chi connectivity index (χ0) is 21.1. The number of amides is 1. The molecular weight excluding hydrogens is 412 g/mol. The molecule has 0 saturated heterocycles. The van der Waals surface area contributed by atoms with Crippen molar-refractivity contribution in [1.82, 2.24) is 4.57 Å². The number of aromatic amines is 1. The molecule has 1 amide bonds. The van der Waals surface area contributed by atoms with Gasteiger partial charge >= 0.3 is 10.7 Å². The van der Waals surface area contributed by atoms with Crippen LogP contribution in [0.15, 0.2) is 46.9 Å². The molecule has 0 aliphatic carbocycles. The van der Waals surface area contributed by atoms with Crippen molar-refractivity contribution in [2.24, 2.45) is 0 Å². The van der Waals surface area contributed by atoms with Crippen LogP contribution in [0.3, 0.4) is 0 Å². The summed E-state index contributed by atoms with van der Waals surface area (Å²) in [6, 6.07) is 5.74. The van der Waals surface area contributed by atoms with Crippen molar-refractivity contribution in [2.75, 3.05) is 11.1 Å². The van der Waals surface area contributed by atoms with Crippen molar-refractivity contribution in [3.05, 3.63) is 67.8 Å². The highest BCUT2D eigenvalue weighted by atomic mass is 32.2. The van der Waals surface area contributed by atoms with Gasteiger partial charge in [-0.25, -0.2) is 9.78 Å². The number of hydrogen-bond donors (Lipinski definition) is 1. The minimum atomic E-state index is -0.520. The summed E-state index contributed by atoms with van der Waals surface area (Å²) in [5.41, 5.74) is 1.07. The Hall–Kier alpha value is -2.98. The second kappa shape index (κ2) is 8.58. The van der Waals surface area contributed by atoms with E-state index in [4.69, 9.17) is 0 Å². The molecule has 8 nitrogen and oxygen atoms in total. The number of nitro groups is 1. The van der Waals surface area contributed by atoms with Crippen molar-refractivity contribution < 1.29 is 14.7 Å². The van der Waals surface area contributed by atoms with Crippen LogP contribution in [0.2, 0.25) is 0 Å². The molecule has 3 aromatic rings. The Labute approximate surface area is 174 Å². The molecule has 0 fully saturated rings. The lowest BCUT2D eigenvalue weighted by Gasteiger charge is -2.05. The highest BCUT2D eigenvalue weighted by molar-refractivity contribution is 7.99. The maximum atomic E-state index is 12.9. The maximum Gasteiger partial charge on any atom is 0.347 e. The summed E-state index contributed by atoms with van der Waals surface area (Å²) in [4.78, 5) is 40.7. The largest absolute Gasteiger partial charge is 0.347 e. The summed E-state index contributed by atoms with van der Waals surface area (Å²) in [7, 11) is 0. The lowest BCUT2D eigenvalue weighted by Crippen LogP contribution is -2.30. The van der Waals surface area contributed by atoms with Gasteiger partial charge in [-0.2, -0.15) is 4.57 Å². The predicted octanol–water partition coefficient (Wildman–Crippen LogP) is 3.32. The first-order valence-electron chi connectivity index (χ1n) is 8.65. The van der Waals surface area contributed by atoms with E-state index in [-0.39, 0.29) is 22.9 Å². The lowest BCUT2D eigenvalue weighted by atomic mass is 10.2. The van der Waals surface area contributed by atoms with Gasteiger partial charge in [-0.15, -0.1) is 0 Å². The Morgan fingerprint density at radius 1 is 1.45 bits per heavy atom. The number of aryl methyl sites for hydroxylation is 2. The first-order valence-corrected chi connectivity index (χ1v) is 10.5. The average molecular weight is 432 g/mol. The number of hydrogen-bond acceptors (Lipinski definition) is 6. The monoisotopic (exact) mass is 431 g/mol. The van der Waals surface area contributed by atoms with Crippen LogP contribution in [0.1, 0.15) is 10.4 Å². The number of H-pyrrole nitrogens is 1. The van der Waals surface area contributed by atoms with E-state index in [2.05, 4.69) is 16.9 Å². The van der Waals surface area contributed by atoms with Gasteiger partial charge in [0.1, 0.15) is 11.9 Å². The third-order valence-corrected chi connectivity index (χ3v) is 6.43. The summed E-state index contributed by atoms with van der Waals surface area (Å²) in [6.45, 7) is 7.90. The van der Waals surface area contributed by atoms with Crippen molar-refractivity contribution in [1.29, 1.82) is 0 Å². The van der Waals surface area contributed by atoms with Crippen molar-refractivity contribution >= 4 is 50.6 Å². The molecule has 1 aromatic carbocycles. The van der Waals surface area contributed by atoms with Gasteiger partial charge in [0.15, 0.2) is 4.83 Å². The van der Waals surface area contributed by atoms with E-state index < -0.39 is 4.92 Å². The minimum Gasteiger partial charge on any atom is -0.325 e. The van der Waals surface area contributed by atoms with Crippen LogP contribution >= 0.6 is 23.1 Å². The van der Waals surface area contributed by atoms with E-state index in [1.165, 1.54) is 41.3 Å². The highest BCUT2D eigenvalue weighted by Gasteiger charge is 2.23. The zero-order valence-corrected chi connectivity index (χ0v) is 17.5. The summed E-state index contributed by atoms with van der Waals surface area (Å²) in [5.74, 6) is -0.301. The number of nitrogens with zero attached hydrogens (tertiary/aromatic N) is 2. The number of allylic oxidation sites excluding steroid dienone is 1. The van der Waals surface area contributed by atoms with E-state index in [9.17, 15) is 19.7 Å². The van der Waals surface area contributed by atoms with E-state index in [0.29, 0.717) is 22.8 Å². The third-order valence-electron chi connectivity index (χ3n) is 4.30. The Kier molecular flexibility index (Phi) is 6.14. The molecular formula is C19H19N4O4S2+. The molecule has 0 atom stereocenters. The van der Waals surface area contributed by atoms with Gasteiger partial charge in [-0.1, -0.05) is 30.1 Å². The number of benzene rings is 1. The maximum absolute atomic E-state index is 12.9. The average Bonchev–Trinajstić information content (AvgIpc) is 2.97. The smallest absolute Gasteiger partial charge is 0.325 e. The number of non-ortho nitro benzene ring substituents is 1. The third kappa shape index (κ3) is 4.38. The second-order valence-corrected chi connectivity index (χ2v) is 8.46. The Morgan fingerprint density at radius 3 is 2.90 bits per heavy atom. The number of rotatable bonds is 7. The fraction of sp³-hybridized carbons (Fsp3) is 0.211. The fourth-order valence-corrected chi connectivity index (χ4v) is 4.75. The quantitative estimate of drug-likeness (QED) is 0.203. The van der Waals surface area contributed by atoms with E-state index in [1.54, 1.807) is 16.7 Å². The SMILES string of the molecule is C=CCn1c(SCC(=O)Nc2cccc([N+](=O)[O-])c2)[nH+]c2sc(C)c(C)c2c1=O. The summed E-state index contributed by atoms with van der Waals surface area (Å²) < 4.78 is 1.56. The number of carbonyl (C=O) groups excluding carboxylic acids is 1. The normalized spacial score (nSPS) is 10.8. The molecule has 2 heterocycles. The molecule has 2 aromatic heterocycles. The zero-order valence-electron chi connectivity index (χ0n) is 15.9. The van der Waals surface area contributed by atoms with Crippen LogP contribution in [0.5, 0.6) is 0 Å². The van der Waals surface area contributed by atoms with E-state index >= 15 is 0 Å². The molecule has 0 aliphatic heterocycles.